The molecule has 0 radical (unpaired) electrons. The van der Waals surface area contributed by atoms with Crippen molar-refractivity contribution in [3.8, 4) is 0 Å². The molecular weight excluding hydrogens is 404 g/mol. The number of hydrogen-bond acceptors (Lipinski definition) is 9. The van der Waals surface area contributed by atoms with Crippen LogP contribution in [0.4, 0.5) is 5.69 Å². The highest BCUT2D eigenvalue weighted by molar-refractivity contribution is 6.07. The molecule has 0 aliphatic rings. The summed E-state index contributed by atoms with van der Waals surface area (Å²) in [5.74, 6) is -0.668. The van der Waals surface area contributed by atoms with Gasteiger partial charge in [0.25, 0.3) is 5.69 Å². The van der Waals surface area contributed by atoms with E-state index in [0.717, 1.165) is 5.39 Å². The number of likely N-dealkylation sites (N-methyl/N-ethyl adjacent to an activating group) is 1. The molecule has 0 saturated heterocycles. The lowest BCUT2D eigenvalue weighted by Crippen LogP contribution is -2.32. The van der Waals surface area contributed by atoms with Gasteiger partial charge in [0.1, 0.15) is 5.52 Å². The lowest BCUT2D eigenvalue weighted by atomic mass is 10.1. The highest BCUT2D eigenvalue weighted by atomic mass is 16.6. The Morgan fingerprint density at radius 3 is 2.10 bits per heavy atom. The van der Waals surface area contributed by atoms with Gasteiger partial charge in [-0.15, -0.1) is 0 Å². The Bertz CT molecular complexity index is 1050. The molecule has 3 aromatic rings. The number of carbonyl (C=O) groups excluding carboxylic acids is 2. The summed E-state index contributed by atoms with van der Waals surface area (Å²) < 4.78 is 9.44. The van der Waals surface area contributed by atoms with Gasteiger partial charge in [-0.25, -0.2) is 0 Å². The lowest BCUT2D eigenvalue weighted by Gasteiger charge is -2.13. The van der Waals surface area contributed by atoms with E-state index in [4.69, 9.17) is 9.47 Å². The van der Waals surface area contributed by atoms with Crippen molar-refractivity contribution >= 4 is 39.4 Å². The third kappa shape index (κ3) is 6.68. The molecule has 0 fully saturated rings. The molecule has 0 spiro atoms. The Labute approximate surface area is 178 Å². The summed E-state index contributed by atoms with van der Waals surface area (Å²) in [5, 5.41) is 12.3. The van der Waals surface area contributed by atoms with Crippen molar-refractivity contribution in [2.24, 2.45) is 0 Å². The molecule has 3 rings (SSSR count). The van der Waals surface area contributed by atoms with Crippen LogP contribution in [0.1, 0.15) is 13.8 Å². The van der Waals surface area contributed by atoms with E-state index in [0.29, 0.717) is 29.6 Å². The minimum Gasteiger partial charge on any atom is -0.465 e. The van der Waals surface area contributed by atoms with E-state index in [9.17, 15) is 19.7 Å². The molecule has 0 bridgehead atoms. The van der Waals surface area contributed by atoms with Gasteiger partial charge in [0.05, 0.1) is 42.1 Å². The van der Waals surface area contributed by atoms with Crippen molar-refractivity contribution in [3.63, 3.8) is 0 Å². The number of nitro groups is 1. The molecular formula is C21H24N4O6. The van der Waals surface area contributed by atoms with Crippen molar-refractivity contribution in [2.45, 2.75) is 13.8 Å². The average Bonchev–Trinajstić information content (AvgIpc) is 2.73. The number of benzene rings is 1. The first kappa shape index (κ1) is 23.6. The van der Waals surface area contributed by atoms with E-state index in [1.54, 1.807) is 62.5 Å². The Balaban J connectivity index is 0.000000226. The molecule has 2 heterocycles. The van der Waals surface area contributed by atoms with Gasteiger partial charge in [-0.2, -0.15) is 0 Å². The summed E-state index contributed by atoms with van der Waals surface area (Å²) >= 11 is 0. The number of aromatic nitrogens is 2. The van der Waals surface area contributed by atoms with Crippen LogP contribution in [0.15, 0.2) is 42.7 Å². The second kappa shape index (κ2) is 11.5. The van der Waals surface area contributed by atoms with Crippen LogP contribution in [0.25, 0.3) is 21.8 Å². The number of ether oxygens (including phenoxy) is 2. The molecule has 10 nitrogen and oxygen atoms in total. The van der Waals surface area contributed by atoms with E-state index in [2.05, 4.69) is 9.97 Å². The molecule has 10 heteroatoms. The lowest BCUT2D eigenvalue weighted by molar-refractivity contribution is -0.382. The highest BCUT2D eigenvalue weighted by Gasteiger charge is 2.15. The van der Waals surface area contributed by atoms with Crippen LogP contribution in [0.5, 0.6) is 0 Å². The van der Waals surface area contributed by atoms with Crippen LogP contribution >= 0.6 is 0 Å². The number of nitro benzene ring substituents is 1. The highest BCUT2D eigenvalue weighted by Crippen LogP contribution is 2.30. The van der Waals surface area contributed by atoms with Crippen molar-refractivity contribution in [1.82, 2.24) is 14.9 Å². The maximum atomic E-state index is 11.0. The van der Waals surface area contributed by atoms with Gasteiger partial charge in [0.2, 0.25) is 0 Å². The number of non-ortho nitro benzene ring substituents is 1. The van der Waals surface area contributed by atoms with Crippen molar-refractivity contribution in [3.05, 3.63) is 52.8 Å². The molecule has 0 unspecified atom stereocenters. The quantitative estimate of drug-likeness (QED) is 0.242. The molecule has 0 aliphatic heterocycles. The molecule has 1 aromatic carbocycles. The summed E-state index contributed by atoms with van der Waals surface area (Å²) in [6, 6.07) is 8.45. The van der Waals surface area contributed by atoms with Gasteiger partial charge in [-0.05, 0) is 39.1 Å². The molecule has 0 atom stereocenters. The van der Waals surface area contributed by atoms with E-state index in [1.165, 1.54) is 6.07 Å². The van der Waals surface area contributed by atoms with Gasteiger partial charge < -0.3 is 9.47 Å². The predicted molar refractivity (Wildman–Crippen MR) is 114 cm³/mol. The first-order valence-electron chi connectivity index (χ1n) is 9.64. The number of fused-ring (bicyclic) bond motifs is 3. The van der Waals surface area contributed by atoms with Crippen molar-refractivity contribution in [2.75, 3.05) is 33.4 Å². The van der Waals surface area contributed by atoms with Crippen molar-refractivity contribution in [1.29, 1.82) is 0 Å². The molecule has 164 valence electrons. The van der Waals surface area contributed by atoms with Crippen LogP contribution in [-0.4, -0.2) is 65.1 Å². The largest absolute Gasteiger partial charge is 0.465 e. The van der Waals surface area contributed by atoms with Crippen LogP contribution in [-0.2, 0) is 19.1 Å². The Morgan fingerprint density at radius 1 is 1.00 bits per heavy atom. The Morgan fingerprint density at radius 2 is 1.55 bits per heavy atom. The first-order valence-corrected chi connectivity index (χ1v) is 9.64. The molecule has 2 aromatic heterocycles. The molecule has 0 saturated carbocycles. The van der Waals surface area contributed by atoms with Gasteiger partial charge in [-0.3, -0.25) is 34.6 Å². The molecule has 31 heavy (non-hydrogen) atoms. The van der Waals surface area contributed by atoms with Crippen molar-refractivity contribution < 1.29 is 24.0 Å². The average molecular weight is 428 g/mol. The van der Waals surface area contributed by atoms with Gasteiger partial charge in [0.15, 0.2) is 0 Å². The third-order valence-electron chi connectivity index (χ3n) is 4.04. The van der Waals surface area contributed by atoms with Gasteiger partial charge >= 0.3 is 11.9 Å². The summed E-state index contributed by atoms with van der Waals surface area (Å²) in [6.45, 7) is 4.39. The monoisotopic (exact) mass is 428 g/mol. The van der Waals surface area contributed by atoms with Crippen LogP contribution in [0, 0.1) is 10.1 Å². The van der Waals surface area contributed by atoms with Gasteiger partial charge in [-0.1, -0.05) is 6.07 Å². The normalized spacial score (nSPS) is 10.5. The van der Waals surface area contributed by atoms with Gasteiger partial charge in [0, 0.05) is 23.8 Å². The smallest absolute Gasteiger partial charge is 0.320 e. The SMILES string of the molecule is CCOC(=O)CN(C)CC(=O)OCC.O=[N+]([O-])c1cc2cccnc2c2ncccc12. The number of esters is 2. The topological polar surface area (TPSA) is 125 Å². The molecule has 0 aliphatic carbocycles. The standard InChI is InChI=1S/C12H7N3O2.C9H17NO4/c16-15(17)10-7-8-3-1-5-13-11(8)12-9(10)4-2-6-14-12;1-4-13-8(11)6-10(3)7-9(12)14-5-2/h1-7H;4-7H2,1-3H3. The van der Waals surface area contributed by atoms with Crippen LogP contribution in [0.3, 0.4) is 0 Å². The predicted octanol–water partition coefficient (Wildman–Crippen LogP) is 2.74. The third-order valence-corrected chi connectivity index (χ3v) is 4.04. The Hall–Kier alpha value is -3.66. The fraction of sp³-hybridized carbons (Fsp3) is 0.333. The zero-order valence-corrected chi connectivity index (χ0v) is 17.6. The summed E-state index contributed by atoms with van der Waals surface area (Å²) in [4.78, 5) is 42.5. The zero-order chi connectivity index (χ0) is 22.8. The van der Waals surface area contributed by atoms with E-state index in [-0.39, 0.29) is 30.7 Å². The van der Waals surface area contributed by atoms with E-state index >= 15 is 0 Å². The minimum absolute atomic E-state index is 0.0635. The van der Waals surface area contributed by atoms with Crippen LogP contribution < -0.4 is 0 Å². The second-order valence-electron chi connectivity index (χ2n) is 6.41. The minimum atomic E-state index is -0.392. The Kier molecular flexibility index (Phi) is 8.77. The van der Waals surface area contributed by atoms with E-state index < -0.39 is 4.92 Å². The fourth-order valence-electron chi connectivity index (χ4n) is 2.82. The summed E-state index contributed by atoms with van der Waals surface area (Å²) in [6.07, 6.45) is 3.27. The zero-order valence-electron chi connectivity index (χ0n) is 17.6. The van der Waals surface area contributed by atoms with E-state index in [1.807, 2.05) is 0 Å². The first-order chi connectivity index (χ1) is 14.9. The maximum absolute atomic E-state index is 11.0. The van der Waals surface area contributed by atoms with Crippen LogP contribution in [0.2, 0.25) is 0 Å². The number of nitrogens with zero attached hydrogens (tertiary/aromatic N) is 4. The summed E-state index contributed by atoms with van der Waals surface area (Å²) in [5.41, 5.74) is 1.32. The fourth-order valence-corrected chi connectivity index (χ4v) is 2.82. The number of rotatable bonds is 7. The molecule has 0 amide bonds. The second-order valence-corrected chi connectivity index (χ2v) is 6.41. The molecule has 0 N–H and O–H groups in total. The number of pyridine rings is 2. The number of hydrogen-bond donors (Lipinski definition) is 0. The maximum Gasteiger partial charge on any atom is 0.320 e. The summed E-state index contributed by atoms with van der Waals surface area (Å²) in [7, 11) is 1.66. The number of carbonyl (C=O) groups is 2.